The number of anilines is 2. The monoisotopic (exact) mass is 455 g/mol. The number of halogens is 2. The first-order valence-electron chi connectivity index (χ1n) is 8.77. The summed E-state index contributed by atoms with van der Waals surface area (Å²) in [7, 11) is -1.87. The number of carbonyl (C=O) groups excluding carboxylic acids is 2. The van der Waals surface area contributed by atoms with Gasteiger partial charge in [0, 0.05) is 18.6 Å². The first-order valence-corrected chi connectivity index (χ1v) is 11.1. The summed E-state index contributed by atoms with van der Waals surface area (Å²) in [6.07, 6.45) is 0.542. The molecule has 0 unspecified atom stereocenters. The van der Waals surface area contributed by atoms with Crippen LogP contribution in [-0.2, 0) is 10.0 Å². The Morgan fingerprint density at radius 2 is 1.79 bits per heavy atom. The fourth-order valence-corrected chi connectivity index (χ4v) is 5.27. The second-order valence-corrected chi connectivity index (χ2v) is 9.44. The van der Waals surface area contributed by atoms with E-state index in [1.807, 2.05) is 0 Å². The molecule has 0 saturated carbocycles. The minimum atomic E-state index is -3.35. The summed E-state index contributed by atoms with van der Waals surface area (Å²) in [6, 6.07) is 7.55. The number of hydrogen-bond donors (Lipinski definition) is 2. The summed E-state index contributed by atoms with van der Waals surface area (Å²) in [5.74, 6) is -0.835. The van der Waals surface area contributed by atoms with E-state index in [0.29, 0.717) is 34.9 Å². The number of amides is 2. The van der Waals surface area contributed by atoms with E-state index in [1.54, 1.807) is 13.0 Å². The van der Waals surface area contributed by atoms with E-state index in [4.69, 9.17) is 23.2 Å². The van der Waals surface area contributed by atoms with Crippen LogP contribution in [0.2, 0.25) is 10.0 Å². The van der Waals surface area contributed by atoms with E-state index in [9.17, 15) is 18.0 Å². The highest BCUT2D eigenvalue weighted by Gasteiger charge is 2.29. The Morgan fingerprint density at radius 1 is 1.07 bits per heavy atom. The molecule has 3 rings (SSSR count). The lowest BCUT2D eigenvalue weighted by molar-refractivity contribution is 0.0964. The third kappa shape index (κ3) is 4.34. The van der Waals surface area contributed by atoms with E-state index in [-0.39, 0.29) is 21.9 Å². The van der Waals surface area contributed by atoms with Gasteiger partial charge in [0.05, 0.1) is 33.3 Å². The smallest absolute Gasteiger partial charge is 0.257 e. The van der Waals surface area contributed by atoms with Crippen molar-refractivity contribution in [2.45, 2.75) is 13.3 Å². The SMILES string of the molecule is CNC(=O)c1cc(Cl)cc(C)c1NC(=O)c1ccc(N2CCCS2(=O)=O)cc1Cl. The lowest BCUT2D eigenvalue weighted by Gasteiger charge is -2.18. The molecular weight excluding hydrogens is 437 g/mol. The molecule has 29 heavy (non-hydrogen) atoms. The standard InChI is InChI=1S/C19H19Cl2N3O4S/c1-11-8-12(20)9-15(18(25)22-2)17(11)23-19(26)14-5-4-13(10-16(14)21)24-6-3-7-29(24,27)28/h4-5,8-10H,3,6-7H2,1-2H3,(H,22,25)(H,23,26). The van der Waals surface area contributed by atoms with Crippen LogP contribution in [0.3, 0.4) is 0 Å². The zero-order valence-electron chi connectivity index (χ0n) is 15.8. The number of sulfonamides is 1. The molecule has 2 aromatic rings. The summed E-state index contributed by atoms with van der Waals surface area (Å²) in [5, 5.41) is 5.69. The van der Waals surface area contributed by atoms with Gasteiger partial charge < -0.3 is 10.6 Å². The highest BCUT2D eigenvalue weighted by atomic mass is 35.5. The largest absolute Gasteiger partial charge is 0.355 e. The molecule has 2 N–H and O–H groups in total. The number of nitrogens with zero attached hydrogens (tertiary/aromatic N) is 1. The normalized spacial score (nSPS) is 15.2. The summed E-state index contributed by atoms with van der Waals surface area (Å²) in [6.45, 7) is 2.10. The summed E-state index contributed by atoms with van der Waals surface area (Å²) < 4.78 is 25.5. The van der Waals surface area contributed by atoms with Gasteiger partial charge in [-0.2, -0.15) is 0 Å². The number of aryl methyl sites for hydroxylation is 1. The van der Waals surface area contributed by atoms with Crippen LogP contribution in [0.1, 0.15) is 32.7 Å². The van der Waals surface area contributed by atoms with Crippen LogP contribution < -0.4 is 14.9 Å². The Kier molecular flexibility index (Phi) is 6.07. The van der Waals surface area contributed by atoms with E-state index in [1.165, 1.54) is 35.6 Å². The lowest BCUT2D eigenvalue weighted by atomic mass is 10.1. The van der Waals surface area contributed by atoms with Gasteiger partial charge in [0.25, 0.3) is 11.8 Å². The Labute approximate surface area is 179 Å². The molecule has 0 aromatic heterocycles. The van der Waals surface area contributed by atoms with Gasteiger partial charge in [-0.25, -0.2) is 8.42 Å². The Morgan fingerprint density at radius 3 is 2.38 bits per heavy atom. The maximum absolute atomic E-state index is 12.8. The number of hydrogen-bond acceptors (Lipinski definition) is 4. The van der Waals surface area contributed by atoms with E-state index >= 15 is 0 Å². The molecule has 1 aliphatic rings. The molecule has 1 aliphatic heterocycles. The minimum Gasteiger partial charge on any atom is -0.355 e. The molecule has 1 heterocycles. The minimum absolute atomic E-state index is 0.0883. The fourth-order valence-electron chi connectivity index (χ4n) is 3.18. The van der Waals surface area contributed by atoms with Gasteiger partial charge in [0.2, 0.25) is 10.0 Å². The van der Waals surface area contributed by atoms with Crippen molar-refractivity contribution in [3.05, 3.63) is 57.1 Å². The topological polar surface area (TPSA) is 95.6 Å². The maximum Gasteiger partial charge on any atom is 0.257 e. The van der Waals surface area contributed by atoms with E-state index in [2.05, 4.69) is 10.6 Å². The molecular formula is C19H19Cl2N3O4S. The summed E-state index contributed by atoms with van der Waals surface area (Å²) in [4.78, 5) is 25.0. The van der Waals surface area contributed by atoms with Crippen LogP contribution in [0.4, 0.5) is 11.4 Å². The maximum atomic E-state index is 12.8. The molecule has 154 valence electrons. The lowest BCUT2D eigenvalue weighted by Crippen LogP contribution is -2.25. The molecule has 2 amide bonds. The van der Waals surface area contributed by atoms with E-state index < -0.39 is 21.8 Å². The van der Waals surface area contributed by atoms with Gasteiger partial charge in [-0.3, -0.25) is 13.9 Å². The van der Waals surface area contributed by atoms with Crippen molar-refractivity contribution >= 4 is 56.4 Å². The highest BCUT2D eigenvalue weighted by molar-refractivity contribution is 7.93. The van der Waals surface area contributed by atoms with Crippen molar-refractivity contribution in [2.75, 3.05) is 29.0 Å². The summed E-state index contributed by atoms with van der Waals surface area (Å²) in [5.41, 5.74) is 1.73. The number of benzene rings is 2. The zero-order valence-corrected chi connectivity index (χ0v) is 18.1. The number of carbonyl (C=O) groups is 2. The van der Waals surface area contributed by atoms with Gasteiger partial charge in [-0.05, 0) is 49.2 Å². The Bertz CT molecular complexity index is 1100. The van der Waals surface area contributed by atoms with Crippen molar-refractivity contribution in [2.24, 2.45) is 0 Å². The Hall–Kier alpha value is -2.29. The Balaban J connectivity index is 1.92. The first-order chi connectivity index (χ1) is 13.6. The molecule has 0 spiro atoms. The van der Waals surface area contributed by atoms with Gasteiger partial charge >= 0.3 is 0 Å². The zero-order chi connectivity index (χ0) is 21.3. The molecule has 2 aromatic carbocycles. The highest BCUT2D eigenvalue weighted by Crippen LogP contribution is 2.30. The molecule has 1 saturated heterocycles. The predicted molar refractivity (Wildman–Crippen MR) is 115 cm³/mol. The third-order valence-electron chi connectivity index (χ3n) is 4.60. The molecule has 0 bridgehead atoms. The predicted octanol–water partition coefficient (Wildman–Crippen LogP) is 3.45. The molecule has 0 aliphatic carbocycles. The van der Waals surface area contributed by atoms with Gasteiger partial charge in [-0.15, -0.1) is 0 Å². The van der Waals surface area contributed by atoms with Crippen LogP contribution in [0.15, 0.2) is 30.3 Å². The molecule has 7 nitrogen and oxygen atoms in total. The van der Waals surface area contributed by atoms with Crippen molar-refractivity contribution in [1.82, 2.24) is 5.32 Å². The van der Waals surface area contributed by atoms with E-state index in [0.717, 1.165) is 0 Å². The van der Waals surface area contributed by atoms with Crippen LogP contribution in [0, 0.1) is 6.92 Å². The van der Waals surface area contributed by atoms with Gasteiger partial charge in [0.1, 0.15) is 0 Å². The van der Waals surface area contributed by atoms with Crippen molar-refractivity contribution < 1.29 is 18.0 Å². The van der Waals surface area contributed by atoms with Crippen LogP contribution in [0.5, 0.6) is 0 Å². The van der Waals surface area contributed by atoms with Crippen molar-refractivity contribution in [3.63, 3.8) is 0 Å². The molecule has 10 heteroatoms. The number of rotatable bonds is 4. The van der Waals surface area contributed by atoms with Crippen molar-refractivity contribution in [3.8, 4) is 0 Å². The average Bonchev–Trinajstić information content (AvgIpc) is 3.01. The summed E-state index contributed by atoms with van der Waals surface area (Å²) >= 11 is 12.3. The van der Waals surface area contributed by atoms with Crippen LogP contribution >= 0.6 is 23.2 Å². The van der Waals surface area contributed by atoms with Crippen LogP contribution in [-0.4, -0.2) is 39.6 Å². The fraction of sp³-hybridized carbons (Fsp3) is 0.263. The number of nitrogens with one attached hydrogen (secondary N) is 2. The average molecular weight is 456 g/mol. The molecule has 0 radical (unpaired) electrons. The quantitative estimate of drug-likeness (QED) is 0.737. The molecule has 0 atom stereocenters. The molecule has 1 fully saturated rings. The first kappa shape index (κ1) is 21.4. The second kappa shape index (κ2) is 8.22. The van der Waals surface area contributed by atoms with Crippen LogP contribution in [0.25, 0.3) is 0 Å². The second-order valence-electron chi connectivity index (χ2n) is 6.58. The van der Waals surface area contributed by atoms with Crippen molar-refractivity contribution in [1.29, 1.82) is 0 Å². The third-order valence-corrected chi connectivity index (χ3v) is 7.00. The van der Waals surface area contributed by atoms with Gasteiger partial charge in [-0.1, -0.05) is 23.2 Å². The van der Waals surface area contributed by atoms with Gasteiger partial charge in [0.15, 0.2) is 0 Å².